The first-order valence-electron chi connectivity index (χ1n) is 6.10. The lowest BCUT2D eigenvalue weighted by molar-refractivity contribution is 0.363. The van der Waals surface area contributed by atoms with Crippen LogP contribution in [0.3, 0.4) is 0 Å². The van der Waals surface area contributed by atoms with Crippen molar-refractivity contribution in [1.29, 1.82) is 0 Å². The van der Waals surface area contributed by atoms with E-state index in [-0.39, 0.29) is 11.5 Å². The Balaban J connectivity index is 1.93. The smallest absolute Gasteiger partial charge is 0.200 e. The van der Waals surface area contributed by atoms with Crippen molar-refractivity contribution in [3.8, 4) is 17.2 Å². The third-order valence-corrected chi connectivity index (χ3v) is 4.61. The van der Waals surface area contributed by atoms with E-state index in [4.69, 9.17) is 0 Å². The minimum absolute atomic E-state index is 0.234. The molecule has 0 aromatic heterocycles. The normalized spacial score (nSPS) is 23.4. The lowest BCUT2D eigenvalue weighted by atomic mass is 10.1. The molecule has 1 aliphatic carbocycles. The van der Waals surface area contributed by atoms with Crippen LogP contribution in [0, 0.1) is 0 Å². The second-order valence-electron chi connectivity index (χ2n) is 4.69. The Labute approximate surface area is 111 Å². The standard InChI is InChI=1S/C13H19NO3S/c1-18-10-4-3-9(6-10)14-7-8-2-5-11(15)13(17)12(8)16/h2,5,9-10,14-17H,3-4,6-7H2,1H3. The number of benzene rings is 1. The monoisotopic (exact) mass is 269 g/mol. The molecule has 100 valence electrons. The molecule has 2 unspecified atom stereocenters. The highest BCUT2D eigenvalue weighted by molar-refractivity contribution is 7.99. The summed E-state index contributed by atoms with van der Waals surface area (Å²) in [6, 6.07) is 3.49. The molecule has 18 heavy (non-hydrogen) atoms. The molecule has 5 heteroatoms. The van der Waals surface area contributed by atoms with Crippen LogP contribution in [0.25, 0.3) is 0 Å². The average Bonchev–Trinajstić information content (AvgIpc) is 2.83. The Kier molecular flexibility index (Phi) is 4.24. The van der Waals surface area contributed by atoms with Crippen LogP contribution in [0.15, 0.2) is 12.1 Å². The third-order valence-electron chi connectivity index (χ3n) is 3.51. The van der Waals surface area contributed by atoms with Crippen molar-refractivity contribution in [3.05, 3.63) is 17.7 Å². The number of aromatic hydroxyl groups is 3. The first kappa shape index (κ1) is 13.4. The van der Waals surface area contributed by atoms with Crippen LogP contribution in [0.1, 0.15) is 24.8 Å². The topological polar surface area (TPSA) is 72.7 Å². The zero-order valence-electron chi connectivity index (χ0n) is 10.4. The van der Waals surface area contributed by atoms with Crippen molar-refractivity contribution < 1.29 is 15.3 Å². The van der Waals surface area contributed by atoms with Gasteiger partial charge in [0, 0.05) is 23.4 Å². The Morgan fingerprint density at radius 1 is 1.22 bits per heavy atom. The van der Waals surface area contributed by atoms with E-state index < -0.39 is 5.75 Å². The molecule has 1 fully saturated rings. The average molecular weight is 269 g/mol. The van der Waals surface area contributed by atoms with Crippen LogP contribution in [-0.2, 0) is 6.54 Å². The molecule has 1 aliphatic rings. The lowest BCUT2D eigenvalue weighted by Crippen LogP contribution is -2.26. The lowest BCUT2D eigenvalue weighted by Gasteiger charge is -2.14. The van der Waals surface area contributed by atoms with Gasteiger partial charge in [-0.15, -0.1) is 0 Å². The van der Waals surface area contributed by atoms with Gasteiger partial charge in [0.05, 0.1) is 0 Å². The van der Waals surface area contributed by atoms with Crippen molar-refractivity contribution >= 4 is 11.8 Å². The number of phenols is 3. The number of phenolic OH excluding ortho intramolecular Hbond substituents is 3. The predicted molar refractivity (Wildman–Crippen MR) is 73.2 cm³/mol. The summed E-state index contributed by atoms with van der Waals surface area (Å²) in [4.78, 5) is 0. The van der Waals surface area contributed by atoms with E-state index >= 15 is 0 Å². The molecular formula is C13H19NO3S. The van der Waals surface area contributed by atoms with Crippen LogP contribution in [-0.4, -0.2) is 32.9 Å². The van der Waals surface area contributed by atoms with Gasteiger partial charge in [0.2, 0.25) is 5.75 Å². The van der Waals surface area contributed by atoms with Crippen molar-refractivity contribution in [3.63, 3.8) is 0 Å². The molecule has 4 N–H and O–H groups in total. The van der Waals surface area contributed by atoms with Gasteiger partial charge in [0.1, 0.15) is 0 Å². The molecule has 1 saturated carbocycles. The SMILES string of the molecule is CSC1CCC(NCc2ccc(O)c(O)c2O)C1. The van der Waals surface area contributed by atoms with E-state index in [9.17, 15) is 15.3 Å². The van der Waals surface area contributed by atoms with Crippen LogP contribution in [0.5, 0.6) is 17.2 Å². The number of hydrogen-bond donors (Lipinski definition) is 4. The molecule has 4 nitrogen and oxygen atoms in total. The highest BCUT2D eigenvalue weighted by atomic mass is 32.2. The largest absolute Gasteiger partial charge is 0.504 e. The minimum Gasteiger partial charge on any atom is -0.504 e. The maximum absolute atomic E-state index is 9.70. The molecule has 0 bridgehead atoms. The Bertz CT molecular complexity index is 425. The van der Waals surface area contributed by atoms with Crippen molar-refractivity contribution in [2.45, 2.75) is 37.1 Å². The molecule has 2 rings (SSSR count). The zero-order valence-corrected chi connectivity index (χ0v) is 11.2. The number of nitrogens with one attached hydrogen (secondary N) is 1. The van der Waals surface area contributed by atoms with E-state index in [1.54, 1.807) is 6.07 Å². The van der Waals surface area contributed by atoms with E-state index in [2.05, 4.69) is 11.6 Å². The second-order valence-corrected chi connectivity index (χ2v) is 5.83. The van der Waals surface area contributed by atoms with Gasteiger partial charge in [-0.2, -0.15) is 11.8 Å². The van der Waals surface area contributed by atoms with Gasteiger partial charge in [-0.1, -0.05) is 6.07 Å². The first-order chi connectivity index (χ1) is 8.61. The van der Waals surface area contributed by atoms with Gasteiger partial charge in [-0.3, -0.25) is 0 Å². The van der Waals surface area contributed by atoms with Gasteiger partial charge in [-0.25, -0.2) is 0 Å². The summed E-state index contributed by atoms with van der Waals surface area (Å²) in [6.45, 7) is 0.505. The van der Waals surface area contributed by atoms with Crippen LogP contribution in [0.2, 0.25) is 0 Å². The number of thioether (sulfide) groups is 1. The fourth-order valence-corrected chi connectivity index (χ4v) is 3.14. The summed E-state index contributed by atoms with van der Waals surface area (Å²) in [5, 5.41) is 32.5. The second kappa shape index (κ2) is 5.71. The van der Waals surface area contributed by atoms with E-state index in [1.165, 1.54) is 12.5 Å². The minimum atomic E-state index is -0.442. The van der Waals surface area contributed by atoms with E-state index in [0.717, 1.165) is 18.1 Å². The van der Waals surface area contributed by atoms with Crippen LogP contribution in [0.4, 0.5) is 0 Å². The predicted octanol–water partition coefficient (Wildman–Crippen LogP) is 2.18. The molecule has 0 spiro atoms. The van der Waals surface area contributed by atoms with Gasteiger partial charge >= 0.3 is 0 Å². The molecule has 0 aliphatic heterocycles. The summed E-state index contributed by atoms with van der Waals surface area (Å²) in [5.41, 5.74) is 0.609. The molecule has 0 heterocycles. The van der Waals surface area contributed by atoms with Gasteiger partial charge < -0.3 is 20.6 Å². The van der Waals surface area contributed by atoms with E-state index in [0.29, 0.717) is 18.2 Å². The quantitative estimate of drug-likeness (QED) is 0.631. The maximum atomic E-state index is 9.70. The molecule has 0 saturated heterocycles. The molecular weight excluding hydrogens is 250 g/mol. The summed E-state index contributed by atoms with van der Waals surface area (Å²) in [7, 11) is 0. The van der Waals surface area contributed by atoms with E-state index in [1.807, 2.05) is 11.8 Å². The Morgan fingerprint density at radius 3 is 2.67 bits per heavy atom. The zero-order chi connectivity index (χ0) is 13.1. The fraction of sp³-hybridized carbons (Fsp3) is 0.538. The Hall–Kier alpha value is -1.07. The van der Waals surface area contributed by atoms with Crippen LogP contribution >= 0.6 is 11.8 Å². The fourth-order valence-electron chi connectivity index (χ4n) is 2.35. The summed E-state index contributed by atoms with van der Waals surface area (Å²) in [6.07, 6.45) is 5.66. The molecule has 1 aromatic carbocycles. The maximum Gasteiger partial charge on any atom is 0.200 e. The number of rotatable bonds is 4. The van der Waals surface area contributed by atoms with Gasteiger partial charge in [0.15, 0.2) is 11.5 Å². The highest BCUT2D eigenvalue weighted by Crippen LogP contribution is 2.37. The van der Waals surface area contributed by atoms with Crippen molar-refractivity contribution in [1.82, 2.24) is 5.32 Å². The van der Waals surface area contributed by atoms with Crippen molar-refractivity contribution in [2.75, 3.05) is 6.26 Å². The molecule has 2 atom stereocenters. The van der Waals surface area contributed by atoms with Crippen molar-refractivity contribution in [2.24, 2.45) is 0 Å². The Morgan fingerprint density at radius 2 is 2.00 bits per heavy atom. The van der Waals surface area contributed by atoms with Gasteiger partial charge in [-0.05, 0) is 31.6 Å². The molecule has 0 amide bonds. The highest BCUT2D eigenvalue weighted by Gasteiger charge is 2.23. The van der Waals surface area contributed by atoms with Crippen LogP contribution < -0.4 is 5.32 Å². The summed E-state index contributed by atoms with van der Waals surface area (Å²) < 4.78 is 0. The molecule has 0 radical (unpaired) electrons. The summed E-state index contributed by atoms with van der Waals surface area (Å²) in [5.74, 6) is -0.968. The summed E-state index contributed by atoms with van der Waals surface area (Å²) >= 11 is 1.90. The first-order valence-corrected chi connectivity index (χ1v) is 7.39. The third kappa shape index (κ3) is 2.84. The number of hydrogen-bond acceptors (Lipinski definition) is 5. The van der Waals surface area contributed by atoms with Gasteiger partial charge in [0.25, 0.3) is 0 Å². The molecule has 1 aromatic rings.